The van der Waals surface area contributed by atoms with E-state index < -0.39 is 6.04 Å². The Hall–Kier alpha value is -2.60. The number of methoxy groups -OCH3 is 1. The maximum atomic E-state index is 11.8. The molecule has 0 aliphatic carbocycles. The summed E-state index contributed by atoms with van der Waals surface area (Å²) in [6.07, 6.45) is 0.561. The molecular weight excluding hydrogens is 294 g/mol. The third kappa shape index (κ3) is 4.43. The molecule has 23 heavy (non-hydrogen) atoms. The molecular formula is C17H21N3O3. The average molecular weight is 315 g/mol. The number of nitrogens with zero attached hydrogens (tertiary/aromatic N) is 1. The molecule has 1 amide bonds. The number of carbonyl (C=O) groups is 1. The normalized spacial score (nSPS) is 11.7. The van der Waals surface area contributed by atoms with E-state index in [0.29, 0.717) is 23.9 Å². The van der Waals surface area contributed by atoms with Crippen LogP contribution in [0.25, 0.3) is 0 Å². The van der Waals surface area contributed by atoms with Crippen LogP contribution in [0.15, 0.2) is 36.4 Å². The van der Waals surface area contributed by atoms with Crippen LogP contribution in [-0.2, 0) is 4.79 Å². The van der Waals surface area contributed by atoms with Gasteiger partial charge < -0.3 is 20.5 Å². The molecule has 3 N–H and O–H groups in total. The summed E-state index contributed by atoms with van der Waals surface area (Å²) < 4.78 is 11.0. The maximum Gasteiger partial charge on any atom is 0.242 e. The summed E-state index contributed by atoms with van der Waals surface area (Å²) in [5.74, 6) is 1.85. The van der Waals surface area contributed by atoms with Crippen LogP contribution >= 0.6 is 0 Å². The maximum absolute atomic E-state index is 11.8. The van der Waals surface area contributed by atoms with Gasteiger partial charge in [0.25, 0.3) is 0 Å². The number of nitrogens with one attached hydrogen (secondary N) is 1. The van der Waals surface area contributed by atoms with Crippen LogP contribution in [0, 0.1) is 6.92 Å². The van der Waals surface area contributed by atoms with Gasteiger partial charge in [0.2, 0.25) is 11.8 Å². The highest BCUT2D eigenvalue weighted by Crippen LogP contribution is 2.27. The zero-order chi connectivity index (χ0) is 16.8. The van der Waals surface area contributed by atoms with Gasteiger partial charge in [-0.1, -0.05) is 19.1 Å². The van der Waals surface area contributed by atoms with Crippen LogP contribution in [0.5, 0.6) is 17.4 Å². The van der Waals surface area contributed by atoms with Crippen LogP contribution in [0.1, 0.15) is 18.9 Å². The van der Waals surface area contributed by atoms with Gasteiger partial charge in [0.1, 0.15) is 17.3 Å². The third-order valence-electron chi connectivity index (χ3n) is 3.35. The van der Waals surface area contributed by atoms with E-state index in [1.54, 1.807) is 31.4 Å². The molecule has 0 aliphatic heterocycles. The number of benzene rings is 1. The van der Waals surface area contributed by atoms with Crippen molar-refractivity contribution in [3.8, 4) is 17.4 Å². The van der Waals surface area contributed by atoms with Crippen molar-refractivity contribution in [2.24, 2.45) is 5.73 Å². The number of amides is 1. The Morgan fingerprint density at radius 3 is 2.83 bits per heavy atom. The van der Waals surface area contributed by atoms with E-state index in [4.69, 9.17) is 15.2 Å². The van der Waals surface area contributed by atoms with Crippen molar-refractivity contribution in [2.75, 3.05) is 12.4 Å². The van der Waals surface area contributed by atoms with E-state index in [1.165, 1.54) is 0 Å². The molecule has 0 saturated carbocycles. The smallest absolute Gasteiger partial charge is 0.242 e. The van der Waals surface area contributed by atoms with Crippen molar-refractivity contribution in [3.05, 3.63) is 42.0 Å². The lowest BCUT2D eigenvalue weighted by molar-refractivity contribution is -0.117. The molecule has 1 unspecified atom stereocenters. The summed E-state index contributed by atoms with van der Waals surface area (Å²) in [5, 5.41) is 2.67. The SMILES string of the molecule is CCC(N)C(=O)Nc1cccc(Oc2ccc(C)c(OC)c2)n1. The number of pyridine rings is 1. The number of anilines is 1. The Bertz CT molecular complexity index is 689. The van der Waals surface area contributed by atoms with Gasteiger partial charge in [0.05, 0.1) is 13.2 Å². The van der Waals surface area contributed by atoms with Crippen LogP contribution in [0.4, 0.5) is 5.82 Å². The van der Waals surface area contributed by atoms with E-state index in [0.717, 1.165) is 11.3 Å². The zero-order valence-corrected chi connectivity index (χ0v) is 13.5. The minimum absolute atomic E-state index is 0.269. The average Bonchev–Trinajstić information content (AvgIpc) is 2.56. The zero-order valence-electron chi connectivity index (χ0n) is 13.5. The minimum Gasteiger partial charge on any atom is -0.496 e. The third-order valence-corrected chi connectivity index (χ3v) is 3.35. The second-order valence-electron chi connectivity index (χ2n) is 5.10. The summed E-state index contributed by atoms with van der Waals surface area (Å²) in [6.45, 7) is 3.80. The van der Waals surface area contributed by atoms with Gasteiger partial charge in [0, 0.05) is 12.1 Å². The summed E-state index contributed by atoms with van der Waals surface area (Å²) >= 11 is 0. The van der Waals surface area contributed by atoms with E-state index in [2.05, 4.69) is 10.3 Å². The van der Waals surface area contributed by atoms with Crippen molar-refractivity contribution >= 4 is 11.7 Å². The molecule has 2 aromatic rings. The monoisotopic (exact) mass is 315 g/mol. The molecule has 2 rings (SSSR count). The molecule has 122 valence electrons. The lowest BCUT2D eigenvalue weighted by Gasteiger charge is -2.11. The number of hydrogen-bond donors (Lipinski definition) is 2. The fraction of sp³-hybridized carbons (Fsp3) is 0.294. The van der Waals surface area contributed by atoms with E-state index in [9.17, 15) is 4.79 Å². The molecule has 0 radical (unpaired) electrons. The van der Waals surface area contributed by atoms with Gasteiger partial charge in [-0.3, -0.25) is 4.79 Å². The van der Waals surface area contributed by atoms with E-state index >= 15 is 0 Å². The Morgan fingerprint density at radius 2 is 2.13 bits per heavy atom. The highest BCUT2D eigenvalue weighted by atomic mass is 16.5. The van der Waals surface area contributed by atoms with Crippen LogP contribution in [0.2, 0.25) is 0 Å². The lowest BCUT2D eigenvalue weighted by atomic mass is 10.2. The molecule has 1 aromatic carbocycles. The fourth-order valence-corrected chi connectivity index (χ4v) is 1.93. The molecule has 6 nitrogen and oxygen atoms in total. The topological polar surface area (TPSA) is 86.5 Å². The highest BCUT2D eigenvalue weighted by Gasteiger charge is 2.12. The predicted octanol–water partition coefficient (Wildman–Crippen LogP) is 2.87. The number of nitrogens with two attached hydrogens (primary N) is 1. The molecule has 0 spiro atoms. The van der Waals surface area contributed by atoms with Gasteiger partial charge in [-0.2, -0.15) is 4.98 Å². The van der Waals surface area contributed by atoms with Gasteiger partial charge in [0.15, 0.2) is 0 Å². The Balaban J connectivity index is 2.12. The van der Waals surface area contributed by atoms with E-state index in [-0.39, 0.29) is 5.91 Å². The Morgan fingerprint density at radius 1 is 1.35 bits per heavy atom. The largest absolute Gasteiger partial charge is 0.496 e. The van der Waals surface area contributed by atoms with Crippen molar-refractivity contribution in [1.82, 2.24) is 4.98 Å². The van der Waals surface area contributed by atoms with Crippen molar-refractivity contribution in [1.29, 1.82) is 0 Å². The molecule has 6 heteroatoms. The first-order valence-corrected chi connectivity index (χ1v) is 7.39. The van der Waals surface area contributed by atoms with Crippen molar-refractivity contribution in [2.45, 2.75) is 26.3 Å². The fourth-order valence-electron chi connectivity index (χ4n) is 1.93. The van der Waals surface area contributed by atoms with Gasteiger partial charge in [-0.25, -0.2) is 0 Å². The number of hydrogen-bond acceptors (Lipinski definition) is 5. The first-order chi connectivity index (χ1) is 11.0. The number of aromatic nitrogens is 1. The second-order valence-corrected chi connectivity index (χ2v) is 5.10. The number of ether oxygens (including phenoxy) is 2. The molecule has 1 aromatic heterocycles. The first kappa shape index (κ1) is 16.8. The molecule has 0 fully saturated rings. The molecule has 0 bridgehead atoms. The van der Waals surface area contributed by atoms with Crippen LogP contribution in [0.3, 0.4) is 0 Å². The van der Waals surface area contributed by atoms with Crippen LogP contribution < -0.4 is 20.5 Å². The molecule has 0 saturated heterocycles. The van der Waals surface area contributed by atoms with Crippen LogP contribution in [-0.4, -0.2) is 24.0 Å². The summed E-state index contributed by atoms with van der Waals surface area (Å²) in [4.78, 5) is 16.1. The molecule has 0 aliphatic rings. The highest BCUT2D eigenvalue weighted by molar-refractivity contribution is 5.93. The van der Waals surface area contributed by atoms with Crippen molar-refractivity contribution in [3.63, 3.8) is 0 Å². The van der Waals surface area contributed by atoms with E-state index in [1.807, 2.05) is 26.0 Å². The number of aryl methyl sites for hydroxylation is 1. The van der Waals surface area contributed by atoms with Gasteiger partial charge in [-0.15, -0.1) is 0 Å². The standard InChI is InChI=1S/C17H21N3O3/c1-4-13(18)17(21)20-15-6-5-7-16(19-15)23-12-9-8-11(2)14(10-12)22-3/h5-10,13H,4,18H2,1-3H3,(H,19,20,21). The second kappa shape index (κ2) is 7.60. The summed E-state index contributed by atoms with van der Waals surface area (Å²) in [6, 6.07) is 10.1. The van der Waals surface area contributed by atoms with Gasteiger partial charge >= 0.3 is 0 Å². The Kier molecular flexibility index (Phi) is 5.54. The summed E-state index contributed by atoms with van der Waals surface area (Å²) in [5.41, 5.74) is 6.70. The molecule has 1 heterocycles. The number of carbonyl (C=O) groups excluding carboxylic acids is 1. The van der Waals surface area contributed by atoms with Gasteiger partial charge in [-0.05, 0) is 31.0 Å². The predicted molar refractivity (Wildman–Crippen MR) is 88.9 cm³/mol. The first-order valence-electron chi connectivity index (χ1n) is 7.39. The summed E-state index contributed by atoms with van der Waals surface area (Å²) in [7, 11) is 1.61. The lowest BCUT2D eigenvalue weighted by Crippen LogP contribution is -2.35. The number of rotatable bonds is 6. The quantitative estimate of drug-likeness (QED) is 0.856. The molecule has 1 atom stereocenters. The Labute approximate surface area is 135 Å². The minimum atomic E-state index is -0.553. The van der Waals surface area contributed by atoms with Crippen molar-refractivity contribution < 1.29 is 14.3 Å².